The molecule has 4 N–H and O–H groups in total. The second kappa shape index (κ2) is 5.35. The Bertz CT molecular complexity index is 414. The Morgan fingerprint density at radius 1 is 1.53 bits per heavy atom. The largest absolute Gasteiger partial charge is 0.409 e. The van der Waals surface area contributed by atoms with Crippen molar-refractivity contribution in [2.24, 2.45) is 10.9 Å². The molecule has 8 heteroatoms. The van der Waals surface area contributed by atoms with Crippen molar-refractivity contribution in [3.8, 4) is 0 Å². The number of nitrogens with zero attached hydrogens (tertiary/aromatic N) is 1. The zero-order chi connectivity index (χ0) is 13.9. The number of oxime groups is 1. The molecule has 0 aliphatic heterocycles. The Kier molecular flexibility index (Phi) is 4.94. The third-order valence-electron chi connectivity index (χ3n) is 2.50. The maximum Gasteiger partial charge on any atom is 0.241 e. The molecule has 0 saturated carbocycles. The highest BCUT2D eigenvalue weighted by molar-refractivity contribution is 7.92. The summed E-state index contributed by atoms with van der Waals surface area (Å²) in [6.45, 7) is 4.29. The number of amides is 1. The second-order valence-corrected chi connectivity index (χ2v) is 7.02. The minimum atomic E-state index is -3.50. The van der Waals surface area contributed by atoms with Crippen LogP contribution in [-0.4, -0.2) is 42.4 Å². The lowest BCUT2D eigenvalue weighted by molar-refractivity contribution is -0.123. The maximum absolute atomic E-state index is 11.8. The fourth-order valence-electron chi connectivity index (χ4n) is 0.972. The molecular formula is C9H19N3O4S. The van der Waals surface area contributed by atoms with Gasteiger partial charge in [0.2, 0.25) is 5.91 Å². The van der Waals surface area contributed by atoms with Gasteiger partial charge in [-0.25, -0.2) is 8.42 Å². The van der Waals surface area contributed by atoms with E-state index in [9.17, 15) is 13.2 Å². The standard InChI is InChI=1S/C9H19N3O4S/c1-6(5-7(10)12-14)11-8(13)9(2,3)17(4,15)16/h6,14H,5H2,1-4H3,(H2,10,12)(H,11,13). The van der Waals surface area contributed by atoms with E-state index >= 15 is 0 Å². The number of nitrogens with one attached hydrogen (secondary N) is 1. The van der Waals surface area contributed by atoms with Crippen LogP contribution in [0.5, 0.6) is 0 Å². The fraction of sp³-hybridized carbons (Fsp3) is 0.778. The zero-order valence-electron chi connectivity index (χ0n) is 10.4. The maximum atomic E-state index is 11.8. The minimum Gasteiger partial charge on any atom is -0.409 e. The molecule has 7 nitrogen and oxygen atoms in total. The molecule has 0 aromatic heterocycles. The summed E-state index contributed by atoms with van der Waals surface area (Å²) in [5, 5.41) is 13.6. The first kappa shape index (κ1) is 15.7. The monoisotopic (exact) mass is 265 g/mol. The van der Waals surface area contributed by atoms with Crippen molar-refractivity contribution in [3.63, 3.8) is 0 Å². The molecule has 0 aliphatic carbocycles. The summed E-state index contributed by atoms with van der Waals surface area (Å²) < 4.78 is 21.3. The number of sulfone groups is 1. The van der Waals surface area contributed by atoms with E-state index in [4.69, 9.17) is 10.9 Å². The van der Waals surface area contributed by atoms with E-state index in [1.165, 1.54) is 13.8 Å². The highest BCUT2D eigenvalue weighted by Crippen LogP contribution is 2.15. The highest BCUT2D eigenvalue weighted by atomic mass is 32.2. The third-order valence-corrected chi connectivity index (χ3v) is 4.53. The van der Waals surface area contributed by atoms with Gasteiger partial charge in [-0.05, 0) is 20.8 Å². The number of amidine groups is 1. The molecule has 0 radical (unpaired) electrons. The molecule has 0 rings (SSSR count). The van der Waals surface area contributed by atoms with Crippen LogP contribution < -0.4 is 11.1 Å². The first-order valence-electron chi connectivity index (χ1n) is 4.99. The second-order valence-electron chi connectivity index (χ2n) is 4.45. The van der Waals surface area contributed by atoms with E-state index < -0.39 is 26.5 Å². The van der Waals surface area contributed by atoms with Gasteiger partial charge < -0.3 is 16.3 Å². The molecular weight excluding hydrogens is 246 g/mol. The van der Waals surface area contributed by atoms with Crippen LogP contribution in [0.3, 0.4) is 0 Å². The van der Waals surface area contributed by atoms with Gasteiger partial charge in [-0.1, -0.05) is 5.16 Å². The lowest BCUT2D eigenvalue weighted by Crippen LogP contribution is -2.50. The number of hydrogen-bond acceptors (Lipinski definition) is 5. The Labute approximate surface area is 101 Å². The van der Waals surface area contributed by atoms with Crippen molar-refractivity contribution in [1.29, 1.82) is 0 Å². The average Bonchev–Trinajstić information content (AvgIpc) is 2.15. The van der Waals surface area contributed by atoms with Crippen LogP contribution in [0, 0.1) is 0 Å². The first-order valence-corrected chi connectivity index (χ1v) is 6.88. The topological polar surface area (TPSA) is 122 Å². The number of hydrogen-bond donors (Lipinski definition) is 3. The average molecular weight is 265 g/mol. The van der Waals surface area contributed by atoms with E-state index in [2.05, 4.69) is 10.5 Å². The Morgan fingerprint density at radius 3 is 2.35 bits per heavy atom. The minimum absolute atomic E-state index is 0.0324. The molecule has 17 heavy (non-hydrogen) atoms. The Hall–Kier alpha value is -1.31. The Morgan fingerprint density at radius 2 is 2.00 bits per heavy atom. The molecule has 0 saturated heterocycles. The molecule has 0 aromatic rings. The van der Waals surface area contributed by atoms with Gasteiger partial charge in [0.05, 0.1) is 0 Å². The van der Waals surface area contributed by atoms with Crippen LogP contribution >= 0.6 is 0 Å². The van der Waals surface area contributed by atoms with Gasteiger partial charge in [-0.2, -0.15) is 0 Å². The van der Waals surface area contributed by atoms with E-state index in [0.29, 0.717) is 0 Å². The smallest absolute Gasteiger partial charge is 0.241 e. The van der Waals surface area contributed by atoms with E-state index in [1.54, 1.807) is 6.92 Å². The summed E-state index contributed by atoms with van der Waals surface area (Å²) in [6.07, 6.45) is 1.14. The SMILES string of the molecule is CC(CC(N)=NO)NC(=O)C(C)(C)S(C)(=O)=O. The molecule has 0 aromatic carbocycles. The molecule has 1 atom stereocenters. The molecule has 1 unspecified atom stereocenters. The summed E-state index contributed by atoms with van der Waals surface area (Å²) >= 11 is 0. The van der Waals surface area contributed by atoms with Gasteiger partial charge in [-0.15, -0.1) is 0 Å². The van der Waals surface area contributed by atoms with Crippen LogP contribution in [0.15, 0.2) is 5.16 Å². The normalized spacial score (nSPS) is 15.4. The lowest BCUT2D eigenvalue weighted by atomic mass is 10.1. The van der Waals surface area contributed by atoms with Crippen LogP contribution in [0.1, 0.15) is 27.2 Å². The van der Waals surface area contributed by atoms with Crippen molar-refractivity contribution < 1.29 is 18.4 Å². The molecule has 100 valence electrons. The molecule has 1 amide bonds. The third kappa shape index (κ3) is 4.22. The zero-order valence-corrected chi connectivity index (χ0v) is 11.2. The quantitative estimate of drug-likeness (QED) is 0.266. The van der Waals surface area contributed by atoms with E-state index in [-0.39, 0.29) is 12.3 Å². The molecule has 0 fully saturated rings. The predicted octanol–water partition coefficient (Wildman–Crippen LogP) is -0.549. The summed E-state index contributed by atoms with van der Waals surface area (Å²) in [5.74, 6) is -0.645. The van der Waals surface area contributed by atoms with Gasteiger partial charge in [0.25, 0.3) is 0 Å². The number of rotatable bonds is 5. The lowest BCUT2D eigenvalue weighted by Gasteiger charge is -2.24. The fourth-order valence-corrected chi connectivity index (χ4v) is 1.37. The van der Waals surface area contributed by atoms with Crippen molar-refractivity contribution in [3.05, 3.63) is 0 Å². The van der Waals surface area contributed by atoms with Crippen LogP contribution in [0.4, 0.5) is 0 Å². The van der Waals surface area contributed by atoms with Crippen LogP contribution in [0.25, 0.3) is 0 Å². The summed E-state index contributed by atoms with van der Waals surface area (Å²) in [5.41, 5.74) is 5.27. The molecule has 0 bridgehead atoms. The molecule has 0 heterocycles. The van der Waals surface area contributed by atoms with Gasteiger partial charge in [-0.3, -0.25) is 4.79 Å². The van der Waals surface area contributed by atoms with Gasteiger partial charge in [0.15, 0.2) is 9.84 Å². The van der Waals surface area contributed by atoms with Gasteiger partial charge in [0, 0.05) is 18.7 Å². The molecule has 0 aliphatic rings. The van der Waals surface area contributed by atoms with E-state index in [1.807, 2.05) is 0 Å². The van der Waals surface area contributed by atoms with Gasteiger partial charge in [0.1, 0.15) is 10.6 Å². The summed E-state index contributed by atoms with van der Waals surface area (Å²) in [4.78, 5) is 11.8. The Balaban J connectivity index is 4.67. The summed E-state index contributed by atoms with van der Waals surface area (Å²) in [7, 11) is -3.50. The number of carbonyl (C=O) groups excluding carboxylic acids is 1. The van der Waals surface area contributed by atoms with Crippen molar-refractivity contribution in [1.82, 2.24) is 5.32 Å². The van der Waals surface area contributed by atoms with Crippen molar-refractivity contribution in [2.75, 3.05) is 6.26 Å². The molecule has 0 spiro atoms. The first-order chi connectivity index (χ1) is 7.52. The van der Waals surface area contributed by atoms with Crippen LogP contribution in [0.2, 0.25) is 0 Å². The number of nitrogens with two attached hydrogens (primary N) is 1. The van der Waals surface area contributed by atoms with Gasteiger partial charge >= 0.3 is 0 Å². The summed E-state index contributed by atoms with van der Waals surface area (Å²) in [6, 6.07) is -0.417. The van der Waals surface area contributed by atoms with Crippen molar-refractivity contribution in [2.45, 2.75) is 38.0 Å². The number of carbonyl (C=O) groups is 1. The van der Waals surface area contributed by atoms with Crippen molar-refractivity contribution >= 4 is 21.6 Å². The predicted molar refractivity (Wildman–Crippen MR) is 64.6 cm³/mol. The highest BCUT2D eigenvalue weighted by Gasteiger charge is 2.38. The van der Waals surface area contributed by atoms with E-state index in [0.717, 1.165) is 6.26 Å². The van der Waals surface area contributed by atoms with Crippen LogP contribution in [-0.2, 0) is 14.6 Å².